The van der Waals surface area contributed by atoms with Crippen LogP contribution in [0.25, 0.3) is 0 Å². The first kappa shape index (κ1) is 18.4. The molecule has 0 aliphatic carbocycles. The molecule has 0 amide bonds. The molecule has 2 aliphatic heterocycles. The molecular formula is C22H28N2O3. The van der Waals surface area contributed by atoms with Gasteiger partial charge >= 0.3 is 0 Å². The van der Waals surface area contributed by atoms with Gasteiger partial charge in [-0.1, -0.05) is 42.5 Å². The van der Waals surface area contributed by atoms with E-state index in [1.54, 1.807) is 0 Å². The number of nitrogens with one attached hydrogen (secondary N) is 1. The van der Waals surface area contributed by atoms with Crippen LogP contribution in [-0.2, 0) is 27.4 Å². The normalized spacial score (nSPS) is 26.9. The summed E-state index contributed by atoms with van der Waals surface area (Å²) in [5.74, 6) is 0. The van der Waals surface area contributed by atoms with Crippen molar-refractivity contribution in [3.8, 4) is 0 Å². The van der Waals surface area contributed by atoms with Crippen LogP contribution in [-0.4, -0.2) is 51.7 Å². The summed E-state index contributed by atoms with van der Waals surface area (Å²) in [5, 5.41) is 3.59. The molecule has 1 N–H and O–H groups in total. The molecular weight excluding hydrogens is 340 g/mol. The fourth-order valence-electron chi connectivity index (χ4n) is 3.72. The molecule has 4 rings (SSSR count). The van der Waals surface area contributed by atoms with Crippen LogP contribution in [0.5, 0.6) is 0 Å². The van der Waals surface area contributed by atoms with Crippen molar-refractivity contribution >= 4 is 5.69 Å². The molecule has 0 aromatic heterocycles. The molecule has 2 fully saturated rings. The fourth-order valence-corrected chi connectivity index (χ4v) is 3.72. The standard InChI is InChI=1S/C22H28N2O3/c1-24(2)18-10-8-16(9-11-18)12-23-19-14-26-22-20(15-27-21(19)22)25-13-17-6-4-3-5-7-17/h3-11,19-23H,12-15H2,1-2H3/t19-,20-,21-,22+/m1/s1. The molecule has 2 heterocycles. The summed E-state index contributed by atoms with van der Waals surface area (Å²) in [6.45, 7) is 2.66. The predicted octanol–water partition coefficient (Wildman–Crippen LogP) is 2.59. The Morgan fingerprint density at radius 3 is 2.41 bits per heavy atom. The van der Waals surface area contributed by atoms with Gasteiger partial charge < -0.3 is 24.4 Å². The molecule has 2 aliphatic rings. The Morgan fingerprint density at radius 2 is 1.67 bits per heavy atom. The lowest BCUT2D eigenvalue weighted by Crippen LogP contribution is -2.41. The maximum absolute atomic E-state index is 6.07. The third-order valence-corrected chi connectivity index (χ3v) is 5.34. The molecule has 0 saturated carbocycles. The van der Waals surface area contributed by atoms with E-state index in [9.17, 15) is 0 Å². The van der Waals surface area contributed by atoms with Gasteiger partial charge in [0.2, 0.25) is 0 Å². The van der Waals surface area contributed by atoms with Crippen molar-refractivity contribution in [2.75, 3.05) is 32.2 Å². The Balaban J connectivity index is 1.27. The minimum absolute atomic E-state index is 0.00128. The van der Waals surface area contributed by atoms with E-state index < -0.39 is 0 Å². The average molecular weight is 368 g/mol. The molecule has 0 unspecified atom stereocenters. The summed E-state index contributed by atoms with van der Waals surface area (Å²) < 4.78 is 18.1. The first-order chi connectivity index (χ1) is 13.2. The van der Waals surface area contributed by atoms with Crippen molar-refractivity contribution in [3.05, 3.63) is 65.7 Å². The van der Waals surface area contributed by atoms with Gasteiger partial charge in [0.1, 0.15) is 18.3 Å². The third-order valence-electron chi connectivity index (χ3n) is 5.34. The highest BCUT2D eigenvalue weighted by Gasteiger charge is 2.48. The van der Waals surface area contributed by atoms with Crippen LogP contribution < -0.4 is 10.2 Å². The summed E-state index contributed by atoms with van der Waals surface area (Å²) >= 11 is 0. The highest BCUT2D eigenvalue weighted by Crippen LogP contribution is 2.29. The van der Waals surface area contributed by atoms with Gasteiger partial charge in [-0.3, -0.25) is 0 Å². The third kappa shape index (κ3) is 4.33. The van der Waals surface area contributed by atoms with Crippen molar-refractivity contribution in [1.29, 1.82) is 0 Å². The number of hydrogen-bond donors (Lipinski definition) is 1. The first-order valence-electron chi connectivity index (χ1n) is 9.59. The summed E-state index contributed by atoms with van der Waals surface area (Å²) in [4.78, 5) is 2.11. The molecule has 2 saturated heterocycles. The smallest absolute Gasteiger partial charge is 0.114 e. The van der Waals surface area contributed by atoms with E-state index in [4.69, 9.17) is 14.2 Å². The van der Waals surface area contributed by atoms with Gasteiger partial charge in [0.05, 0.1) is 25.9 Å². The Labute approximate surface area is 161 Å². The van der Waals surface area contributed by atoms with Crippen molar-refractivity contribution in [1.82, 2.24) is 5.32 Å². The Hall–Kier alpha value is -1.92. The van der Waals surface area contributed by atoms with Crippen molar-refractivity contribution in [2.24, 2.45) is 0 Å². The zero-order valence-electron chi connectivity index (χ0n) is 16.0. The van der Waals surface area contributed by atoms with Gasteiger partial charge in [0.15, 0.2) is 0 Å². The Morgan fingerprint density at radius 1 is 0.926 bits per heavy atom. The van der Waals surface area contributed by atoms with E-state index >= 15 is 0 Å². The van der Waals surface area contributed by atoms with Gasteiger partial charge in [-0.15, -0.1) is 0 Å². The lowest BCUT2D eigenvalue weighted by atomic mass is 10.1. The summed E-state index contributed by atoms with van der Waals surface area (Å²) in [5.41, 5.74) is 3.65. The number of anilines is 1. The van der Waals surface area contributed by atoms with Gasteiger partial charge in [-0.2, -0.15) is 0 Å². The molecule has 144 valence electrons. The molecule has 4 atom stereocenters. The van der Waals surface area contributed by atoms with E-state index in [0.29, 0.717) is 19.8 Å². The van der Waals surface area contributed by atoms with E-state index in [2.05, 4.69) is 60.7 Å². The van der Waals surface area contributed by atoms with E-state index in [1.807, 2.05) is 18.2 Å². The summed E-state index contributed by atoms with van der Waals surface area (Å²) in [6, 6.07) is 19.1. The second-order valence-electron chi connectivity index (χ2n) is 7.48. The number of benzene rings is 2. The van der Waals surface area contributed by atoms with Crippen LogP contribution in [0.3, 0.4) is 0 Å². The summed E-state index contributed by atoms with van der Waals surface area (Å²) in [7, 11) is 4.11. The zero-order valence-corrected chi connectivity index (χ0v) is 16.0. The van der Waals surface area contributed by atoms with E-state index in [-0.39, 0.29) is 24.4 Å². The molecule has 0 spiro atoms. The van der Waals surface area contributed by atoms with Crippen molar-refractivity contribution < 1.29 is 14.2 Å². The number of nitrogens with zero attached hydrogens (tertiary/aromatic N) is 1. The van der Waals surface area contributed by atoms with Crippen LogP contribution in [0.2, 0.25) is 0 Å². The van der Waals surface area contributed by atoms with Gasteiger partial charge in [-0.05, 0) is 23.3 Å². The average Bonchev–Trinajstić information content (AvgIpc) is 3.28. The van der Waals surface area contributed by atoms with Gasteiger partial charge in [-0.25, -0.2) is 0 Å². The molecule has 2 aromatic carbocycles. The maximum atomic E-state index is 6.07. The lowest BCUT2D eigenvalue weighted by Gasteiger charge is -2.18. The minimum Gasteiger partial charge on any atom is -0.378 e. The van der Waals surface area contributed by atoms with Crippen molar-refractivity contribution in [2.45, 2.75) is 37.5 Å². The second kappa shape index (κ2) is 8.40. The number of ether oxygens (including phenoxy) is 3. The number of rotatable bonds is 7. The Kier molecular flexibility index (Phi) is 5.74. The minimum atomic E-state index is 0.00128. The molecule has 5 heteroatoms. The molecule has 2 aromatic rings. The molecule has 27 heavy (non-hydrogen) atoms. The predicted molar refractivity (Wildman–Crippen MR) is 106 cm³/mol. The van der Waals surface area contributed by atoms with Crippen LogP contribution in [0.15, 0.2) is 54.6 Å². The lowest BCUT2D eigenvalue weighted by molar-refractivity contribution is -0.0393. The van der Waals surface area contributed by atoms with Gasteiger partial charge in [0, 0.05) is 26.3 Å². The number of hydrogen-bond acceptors (Lipinski definition) is 5. The second-order valence-corrected chi connectivity index (χ2v) is 7.48. The zero-order chi connectivity index (χ0) is 18.6. The Bertz CT molecular complexity index is 720. The summed E-state index contributed by atoms with van der Waals surface area (Å²) in [6.07, 6.45) is 0.0792. The van der Waals surface area contributed by atoms with E-state index in [1.165, 1.54) is 16.8 Å². The highest BCUT2D eigenvalue weighted by atomic mass is 16.6. The molecule has 5 nitrogen and oxygen atoms in total. The van der Waals surface area contributed by atoms with E-state index in [0.717, 1.165) is 6.54 Å². The largest absolute Gasteiger partial charge is 0.378 e. The quantitative estimate of drug-likeness (QED) is 0.814. The fraction of sp³-hybridized carbons (Fsp3) is 0.455. The first-order valence-corrected chi connectivity index (χ1v) is 9.59. The molecule has 0 bridgehead atoms. The molecule has 0 radical (unpaired) electrons. The van der Waals surface area contributed by atoms with Crippen LogP contribution >= 0.6 is 0 Å². The monoisotopic (exact) mass is 368 g/mol. The topological polar surface area (TPSA) is 43.0 Å². The van der Waals surface area contributed by atoms with Crippen LogP contribution in [0.1, 0.15) is 11.1 Å². The van der Waals surface area contributed by atoms with Crippen LogP contribution in [0, 0.1) is 0 Å². The van der Waals surface area contributed by atoms with Gasteiger partial charge in [0.25, 0.3) is 0 Å². The van der Waals surface area contributed by atoms with Crippen molar-refractivity contribution in [3.63, 3.8) is 0 Å². The maximum Gasteiger partial charge on any atom is 0.114 e. The van der Waals surface area contributed by atoms with Crippen LogP contribution in [0.4, 0.5) is 5.69 Å². The number of fused-ring (bicyclic) bond motifs is 1. The highest BCUT2D eigenvalue weighted by molar-refractivity contribution is 5.45. The SMILES string of the molecule is CN(C)c1ccc(CN[C@@H]2CO[C@@H]3[C@@H]2OC[C@H]3OCc2ccccc2)cc1.